The molecule has 5 nitrogen and oxygen atoms in total. The van der Waals surface area contributed by atoms with E-state index in [4.69, 9.17) is 10.5 Å². The molecule has 1 aromatic carbocycles. The van der Waals surface area contributed by atoms with E-state index in [1.807, 2.05) is 0 Å². The maximum absolute atomic E-state index is 12.5. The van der Waals surface area contributed by atoms with E-state index in [0.29, 0.717) is 27.3 Å². The van der Waals surface area contributed by atoms with Crippen molar-refractivity contribution in [1.29, 1.82) is 0 Å². The first-order chi connectivity index (χ1) is 9.87. The number of methoxy groups -OCH3 is 1. The van der Waals surface area contributed by atoms with Crippen molar-refractivity contribution in [3.63, 3.8) is 0 Å². The number of benzene rings is 1. The van der Waals surface area contributed by atoms with Crippen molar-refractivity contribution in [3.8, 4) is 5.75 Å². The number of aryl methyl sites for hydroxylation is 1. The second kappa shape index (κ2) is 6.35. The first-order valence-corrected chi connectivity index (χ1v) is 9.12. The molecular formula is C13H15BrN2O3S2. The zero-order valence-electron chi connectivity index (χ0n) is 11.5. The van der Waals surface area contributed by atoms with Gasteiger partial charge in [-0.05, 0) is 41.1 Å². The Balaban J connectivity index is 2.39. The molecule has 0 aliphatic heterocycles. The van der Waals surface area contributed by atoms with E-state index in [2.05, 4.69) is 20.7 Å². The summed E-state index contributed by atoms with van der Waals surface area (Å²) >= 11 is 4.71. The van der Waals surface area contributed by atoms with Crippen LogP contribution in [0.5, 0.6) is 5.75 Å². The monoisotopic (exact) mass is 390 g/mol. The highest BCUT2D eigenvalue weighted by Crippen LogP contribution is 2.31. The van der Waals surface area contributed by atoms with Crippen molar-refractivity contribution in [2.75, 3.05) is 11.8 Å². The van der Waals surface area contributed by atoms with Gasteiger partial charge in [0.25, 0.3) is 10.0 Å². The predicted molar refractivity (Wildman–Crippen MR) is 88.4 cm³/mol. The first-order valence-electron chi connectivity index (χ1n) is 6.03. The van der Waals surface area contributed by atoms with Crippen LogP contribution in [0.4, 0.5) is 5.69 Å². The molecule has 0 saturated carbocycles. The molecule has 0 aliphatic carbocycles. The zero-order chi connectivity index (χ0) is 15.6. The topological polar surface area (TPSA) is 81.4 Å². The molecule has 0 saturated heterocycles. The standard InChI is InChI=1S/C13H15BrN2O3S2/c1-8-13(6-10(7-15)20-8)21(17,18)16-12-5-9(19-2)3-4-11(12)14/h3-6,16H,7,15H2,1-2H3. The number of anilines is 1. The van der Waals surface area contributed by atoms with Gasteiger partial charge in [-0.2, -0.15) is 0 Å². The minimum atomic E-state index is -3.66. The smallest absolute Gasteiger partial charge is 0.263 e. The summed E-state index contributed by atoms with van der Waals surface area (Å²) < 4.78 is 33.3. The molecule has 1 heterocycles. The van der Waals surface area contributed by atoms with E-state index < -0.39 is 10.0 Å². The Hall–Kier alpha value is -1.09. The fraction of sp³-hybridized carbons (Fsp3) is 0.231. The number of halogens is 1. The van der Waals surface area contributed by atoms with Crippen LogP contribution in [0, 0.1) is 6.92 Å². The van der Waals surface area contributed by atoms with Crippen LogP contribution in [0.3, 0.4) is 0 Å². The van der Waals surface area contributed by atoms with E-state index in [1.54, 1.807) is 31.2 Å². The minimum absolute atomic E-state index is 0.252. The quantitative estimate of drug-likeness (QED) is 0.821. The van der Waals surface area contributed by atoms with Gasteiger partial charge in [-0.25, -0.2) is 8.42 Å². The Morgan fingerprint density at radius 2 is 2.10 bits per heavy atom. The van der Waals surface area contributed by atoms with Crippen LogP contribution in [0.1, 0.15) is 9.75 Å². The summed E-state index contributed by atoms with van der Waals surface area (Å²) in [4.78, 5) is 1.79. The molecule has 0 bridgehead atoms. The van der Waals surface area contributed by atoms with Gasteiger partial charge in [0.15, 0.2) is 0 Å². The summed E-state index contributed by atoms with van der Waals surface area (Å²) in [6.07, 6.45) is 0. The third-order valence-corrected chi connectivity index (χ3v) is 6.22. The summed E-state index contributed by atoms with van der Waals surface area (Å²) in [5, 5.41) is 0. The van der Waals surface area contributed by atoms with Gasteiger partial charge in [0, 0.05) is 26.8 Å². The third kappa shape index (κ3) is 3.57. The van der Waals surface area contributed by atoms with Gasteiger partial charge in [0.05, 0.1) is 12.8 Å². The van der Waals surface area contributed by atoms with Crippen LogP contribution in [-0.2, 0) is 16.6 Å². The lowest BCUT2D eigenvalue weighted by Gasteiger charge is -2.11. The van der Waals surface area contributed by atoms with Crippen LogP contribution >= 0.6 is 27.3 Å². The molecule has 0 fully saturated rings. The fourth-order valence-electron chi connectivity index (χ4n) is 1.80. The highest BCUT2D eigenvalue weighted by atomic mass is 79.9. The Morgan fingerprint density at radius 3 is 2.67 bits per heavy atom. The maximum atomic E-state index is 12.5. The molecule has 0 amide bonds. The molecule has 0 radical (unpaired) electrons. The maximum Gasteiger partial charge on any atom is 0.263 e. The van der Waals surface area contributed by atoms with E-state index >= 15 is 0 Å². The molecule has 2 rings (SSSR count). The van der Waals surface area contributed by atoms with Gasteiger partial charge in [-0.1, -0.05) is 0 Å². The normalized spacial score (nSPS) is 11.4. The second-order valence-electron chi connectivity index (χ2n) is 4.29. The Morgan fingerprint density at radius 1 is 1.38 bits per heavy atom. The average molecular weight is 391 g/mol. The van der Waals surface area contributed by atoms with Gasteiger partial charge in [-0.3, -0.25) is 4.72 Å². The fourth-order valence-corrected chi connectivity index (χ4v) is 4.86. The SMILES string of the molecule is COc1ccc(Br)c(NS(=O)(=O)c2cc(CN)sc2C)c1. The largest absolute Gasteiger partial charge is 0.497 e. The number of hydrogen-bond donors (Lipinski definition) is 2. The molecular weight excluding hydrogens is 376 g/mol. The summed E-state index contributed by atoms with van der Waals surface area (Å²) in [5.74, 6) is 0.570. The molecule has 8 heteroatoms. The molecule has 0 atom stereocenters. The number of sulfonamides is 1. The molecule has 21 heavy (non-hydrogen) atoms. The zero-order valence-corrected chi connectivity index (χ0v) is 14.7. The van der Waals surface area contributed by atoms with Gasteiger partial charge in [0.2, 0.25) is 0 Å². The molecule has 114 valence electrons. The van der Waals surface area contributed by atoms with Gasteiger partial charge >= 0.3 is 0 Å². The lowest BCUT2D eigenvalue weighted by Crippen LogP contribution is -2.13. The molecule has 0 unspecified atom stereocenters. The number of ether oxygens (including phenoxy) is 1. The summed E-state index contributed by atoms with van der Waals surface area (Å²) in [7, 11) is -2.14. The molecule has 1 aromatic heterocycles. The van der Waals surface area contributed by atoms with Crippen molar-refractivity contribution in [3.05, 3.63) is 38.5 Å². The Labute approximate surface area is 136 Å². The molecule has 2 aromatic rings. The van der Waals surface area contributed by atoms with E-state index in [0.717, 1.165) is 4.88 Å². The van der Waals surface area contributed by atoms with Crippen LogP contribution in [0.25, 0.3) is 0 Å². The van der Waals surface area contributed by atoms with Crippen molar-refractivity contribution < 1.29 is 13.2 Å². The lowest BCUT2D eigenvalue weighted by molar-refractivity contribution is 0.415. The number of nitrogens with two attached hydrogens (primary N) is 1. The Bertz CT molecular complexity index is 757. The highest BCUT2D eigenvalue weighted by molar-refractivity contribution is 9.10. The number of thiophene rings is 1. The van der Waals surface area contributed by atoms with Gasteiger partial charge in [0.1, 0.15) is 10.6 Å². The van der Waals surface area contributed by atoms with Gasteiger partial charge in [-0.15, -0.1) is 11.3 Å². The van der Waals surface area contributed by atoms with Crippen molar-refractivity contribution in [1.82, 2.24) is 0 Å². The summed E-state index contributed by atoms with van der Waals surface area (Å²) in [5.41, 5.74) is 5.99. The van der Waals surface area contributed by atoms with Crippen LogP contribution in [-0.4, -0.2) is 15.5 Å². The third-order valence-electron chi connectivity index (χ3n) is 2.83. The number of hydrogen-bond acceptors (Lipinski definition) is 5. The minimum Gasteiger partial charge on any atom is -0.497 e. The first kappa shape index (κ1) is 16.3. The van der Waals surface area contributed by atoms with E-state index in [-0.39, 0.29) is 4.90 Å². The number of rotatable bonds is 5. The van der Waals surface area contributed by atoms with Crippen molar-refractivity contribution in [2.45, 2.75) is 18.4 Å². The van der Waals surface area contributed by atoms with Crippen LogP contribution < -0.4 is 15.2 Å². The molecule has 0 spiro atoms. The van der Waals surface area contributed by atoms with Crippen LogP contribution in [0.2, 0.25) is 0 Å². The van der Waals surface area contributed by atoms with Gasteiger partial charge < -0.3 is 10.5 Å². The Kier molecular flexibility index (Phi) is 4.92. The van der Waals surface area contributed by atoms with E-state index in [1.165, 1.54) is 18.4 Å². The number of nitrogens with one attached hydrogen (secondary N) is 1. The molecule has 3 N–H and O–H groups in total. The lowest BCUT2D eigenvalue weighted by atomic mass is 10.3. The second-order valence-corrected chi connectivity index (χ2v) is 8.13. The van der Waals surface area contributed by atoms with Crippen LogP contribution in [0.15, 0.2) is 33.6 Å². The van der Waals surface area contributed by atoms with E-state index in [9.17, 15) is 8.42 Å². The summed E-state index contributed by atoms with van der Waals surface area (Å²) in [6, 6.07) is 6.69. The predicted octanol–water partition coefficient (Wildman–Crippen LogP) is 3.09. The average Bonchev–Trinajstić information content (AvgIpc) is 2.83. The molecule has 0 aliphatic rings. The van der Waals surface area contributed by atoms with Crippen molar-refractivity contribution in [2.24, 2.45) is 5.73 Å². The van der Waals surface area contributed by atoms with Crippen molar-refractivity contribution >= 4 is 43.0 Å². The summed E-state index contributed by atoms with van der Waals surface area (Å²) in [6.45, 7) is 2.09. The highest BCUT2D eigenvalue weighted by Gasteiger charge is 2.21.